The molecule has 3 aromatic rings. The molecule has 1 amide bonds. The van der Waals surface area contributed by atoms with Gasteiger partial charge in [0, 0.05) is 23.7 Å². The van der Waals surface area contributed by atoms with Crippen LogP contribution in [-0.4, -0.2) is 15.9 Å². The van der Waals surface area contributed by atoms with Crippen LogP contribution in [0.3, 0.4) is 0 Å². The fourth-order valence-electron chi connectivity index (χ4n) is 2.13. The maximum atomic E-state index is 13.7. The molecule has 1 heterocycles. The maximum absolute atomic E-state index is 13.7. The predicted molar refractivity (Wildman–Crippen MR) is 83.5 cm³/mol. The summed E-state index contributed by atoms with van der Waals surface area (Å²) in [5.74, 6) is 0.0127. The molecule has 1 aromatic heterocycles. The molecule has 5 nitrogen and oxygen atoms in total. The zero-order chi connectivity index (χ0) is 15.5. The number of rotatable bonds is 3. The normalized spacial score (nSPS) is 10.5. The lowest BCUT2D eigenvalue weighted by molar-refractivity contribution is -0.114. The number of hydrogen-bond acceptors (Lipinski definition) is 4. The van der Waals surface area contributed by atoms with E-state index in [9.17, 15) is 9.18 Å². The molecule has 0 saturated heterocycles. The lowest BCUT2D eigenvalue weighted by Gasteiger charge is -2.09. The zero-order valence-electron chi connectivity index (χ0n) is 11.8. The van der Waals surface area contributed by atoms with Gasteiger partial charge in [0.15, 0.2) is 0 Å². The van der Waals surface area contributed by atoms with E-state index in [1.54, 1.807) is 36.4 Å². The smallest absolute Gasteiger partial charge is 0.221 e. The Labute approximate surface area is 126 Å². The van der Waals surface area contributed by atoms with Gasteiger partial charge in [-0.25, -0.2) is 14.4 Å². The van der Waals surface area contributed by atoms with Crippen LogP contribution in [0.5, 0.6) is 0 Å². The van der Waals surface area contributed by atoms with Crippen molar-refractivity contribution in [2.24, 2.45) is 0 Å². The molecule has 22 heavy (non-hydrogen) atoms. The third kappa shape index (κ3) is 2.85. The number of nitrogens with one attached hydrogen (secondary N) is 2. The first-order chi connectivity index (χ1) is 10.6. The third-order valence-electron chi connectivity index (χ3n) is 3.08. The van der Waals surface area contributed by atoms with Gasteiger partial charge in [-0.3, -0.25) is 4.79 Å². The Kier molecular flexibility index (Phi) is 3.65. The molecule has 0 fully saturated rings. The van der Waals surface area contributed by atoms with Crippen LogP contribution in [-0.2, 0) is 4.79 Å². The van der Waals surface area contributed by atoms with Crippen LogP contribution in [0, 0.1) is 5.82 Å². The number of amides is 1. The summed E-state index contributed by atoms with van der Waals surface area (Å²) in [6, 6.07) is 11.9. The topological polar surface area (TPSA) is 66.9 Å². The van der Waals surface area contributed by atoms with E-state index in [0.29, 0.717) is 16.9 Å². The lowest BCUT2D eigenvalue weighted by atomic mass is 10.2. The van der Waals surface area contributed by atoms with Crippen LogP contribution in [0.1, 0.15) is 6.92 Å². The van der Waals surface area contributed by atoms with Crippen LogP contribution in [0.4, 0.5) is 21.6 Å². The minimum absolute atomic E-state index is 0.127. The number of para-hydroxylation sites is 1. The number of aromatic nitrogens is 2. The van der Waals surface area contributed by atoms with Crippen LogP contribution in [0.25, 0.3) is 10.9 Å². The van der Waals surface area contributed by atoms with Gasteiger partial charge in [0.05, 0.1) is 0 Å². The van der Waals surface area contributed by atoms with Gasteiger partial charge in [0.1, 0.15) is 23.5 Å². The largest absolute Gasteiger partial charge is 0.340 e. The first kappa shape index (κ1) is 13.9. The highest BCUT2D eigenvalue weighted by molar-refractivity contribution is 5.91. The lowest BCUT2D eigenvalue weighted by Crippen LogP contribution is -2.05. The average molecular weight is 296 g/mol. The summed E-state index contributed by atoms with van der Waals surface area (Å²) < 4.78 is 13.7. The number of carbonyl (C=O) groups excluding carboxylic acids is 1. The minimum atomic E-state index is -0.385. The van der Waals surface area contributed by atoms with Gasteiger partial charge in [0.2, 0.25) is 5.91 Å². The average Bonchev–Trinajstić information content (AvgIpc) is 2.50. The van der Waals surface area contributed by atoms with E-state index in [1.807, 2.05) is 0 Å². The fourth-order valence-corrected chi connectivity index (χ4v) is 2.13. The SMILES string of the molecule is CC(=O)Nc1ccc(Nc2ncnc3c(F)cccc23)cc1. The summed E-state index contributed by atoms with van der Waals surface area (Å²) in [6.45, 7) is 1.45. The molecule has 0 bridgehead atoms. The van der Waals surface area contributed by atoms with Crippen molar-refractivity contribution in [2.45, 2.75) is 6.92 Å². The van der Waals surface area contributed by atoms with Crippen molar-refractivity contribution in [3.8, 4) is 0 Å². The van der Waals surface area contributed by atoms with Crippen LogP contribution >= 0.6 is 0 Å². The quantitative estimate of drug-likeness (QED) is 0.776. The number of benzene rings is 2. The second-order valence-electron chi connectivity index (χ2n) is 4.74. The van der Waals surface area contributed by atoms with Crippen molar-refractivity contribution in [1.29, 1.82) is 0 Å². The van der Waals surface area contributed by atoms with E-state index >= 15 is 0 Å². The molecule has 0 aliphatic carbocycles. The van der Waals surface area contributed by atoms with E-state index < -0.39 is 0 Å². The number of fused-ring (bicyclic) bond motifs is 1. The molecule has 0 atom stereocenters. The molecular weight excluding hydrogens is 283 g/mol. The molecule has 2 N–H and O–H groups in total. The van der Waals surface area contributed by atoms with Gasteiger partial charge in [-0.2, -0.15) is 0 Å². The first-order valence-electron chi connectivity index (χ1n) is 6.67. The molecule has 3 rings (SSSR count). The monoisotopic (exact) mass is 296 g/mol. The number of halogens is 1. The zero-order valence-corrected chi connectivity index (χ0v) is 11.8. The molecule has 110 valence electrons. The Hall–Kier alpha value is -3.02. The Morgan fingerprint density at radius 1 is 1.05 bits per heavy atom. The summed E-state index contributed by atoms with van der Waals surface area (Å²) in [4.78, 5) is 19.1. The molecule has 6 heteroatoms. The fraction of sp³-hybridized carbons (Fsp3) is 0.0625. The summed E-state index contributed by atoms with van der Waals surface area (Å²) in [7, 11) is 0. The second kappa shape index (κ2) is 5.77. The van der Waals surface area contributed by atoms with Crippen molar-refractivity contribution in [2.75, 3.05) is 10.6 Å². The predicted octanol–water partition coefficient (Wildman–Crippen LogP) is 3.47. The highest BCUT2D eigenvalue weighted by Crippen LogP contribution is 2.25. The molecule has 2 aromatic carbocycles. The summed E-state index contributed by atoms with van der Waals surface area (Å²) in [5.41, 5.74) is 1.75. The van der Waals surface area contributed by atoms with E-state index in [1.165, 1.54) is 19.3 Å². The van der Waals surface area contributed by atoms with Gasteiger partial charge in [0.25, 0.3) is 0 Å². The van der Waals surface area contributed by atoms with E-state index in [-0.39, 0.29) is 17.2 Å². The van der Waals surface area contributed by atoms with Crippen LogP contribution in [0.15, 0.2) is 48.8 Å². The van der Waals surface area contributed by atoms with E-state index in [4.69, 9.17) is 0 Å². The van der Waals surface area contributed by atoms with Crippen molar-refractivity contribution in [3.05, 3.63) is 54.6 Å². The first-order valence-corrected chi connectivity index (χ1v) is 6.67. The molecule has 0 aliphatic rings. The summed E-state index contributed by atoms with van der Waals surface area (Å²) in [6.07, 6.45) is 1.32. The van der Waals surface area contributed by atoms with Crippen molar-refractivity contribution >= 4 is 34.0 Å². The van der Waals surface area contributed by atoms with Gasteiger partial charge >= 0.3 is 0 Å². The van der Waals surface area contributed by atoms with Gasteiger partial charge in [-0.15, -0.1) is 0 Å². The van der Waals surface area contributed by atoms with Crippen molar-refractivity contribution in [3.63, 3.8) is 0 Å². The Morgan fingerprint density at radius 2 is 1.77 bits per heavy atom. The van der Waals surface area contributed by atoms with Gasteiger partial charge < -0.3 is 10.6 Å². The summed E-state index contributed by atoms with van der Waals surface area (Å²) >= 11 is 0. The van der Waals surface area contributed by atoms with Crippen LogP contribution < -0.4 is 10.6 Å². The standard InChI is InChI=1S/C16H13FN4O/c1-10(22)20-11-5-7-12(8-6-11)21-16-13-3-2-4-14(17)15(13)18-9-19-16/h2-9H,1H3,(H,20,22)(H,18,19,21). The maximum Gasteiger partial charge on any atom is 0.221 e. The number of anilines is 3. The third-order valence-corrected chi connectivity index (χ3v) is 3.08. The molecule has 0 unspecified atom stereocenters. The minimum Gasteiger partial charge on any atom is -0.340 e. The highest BCUT2D eigenvalue weighted by atomic mass is 19.1. The van der Waals surface area contributed by atoms with E-state index in [2.05, 4.69) is 20.6 Å². The van der Waals surface area contributed by atoms with Crippen molar-refractivity contribution < 1.29 is 9.18 Å². The van der Waals surface area contributed by atoms with Gasteiger partial charge in [-0.05, 0) is 36.4 Å². The molecule has 0 spiro atoms. The highest BCUT2D eigenvalue weighted by Gasteiger charge is 2.07. The number of nitrogens with zero attached hydrogens (tertiary/aromatic N) is 2. The van der Waals surface area contributed by atoms with Crippen molar-refractivity contribution in [1.82, 2.24) is 9.97 Å². The number of hydrogen-bond donors (Lipinski definition) is 2. The Morgan fingerprint density at radius 3 is 2.50 bits per heavy atom. The van der Waals surface area contributed by atoms with E-state index in [0.717, 1.165) is 5.69 Å². The molecule has 0 aliphatic heterocycles. The van der Waals surface area contributed by atoms with Crippen LogP contribution in [0.2, 0.25) is 0 Å². The molecule has 0 saturated carbocycles. The molecular formula is C16H13FN4O. The summed E-state index contributed by atoms with van der Waals surface area (Å²) in [5, 5.41) is 6.42. The number of carbonyl (C=O) groups is 1. The molecule has 0 radical (unpaired) electrons. The Balaban J connectivity index is 1.90. The second-order valence-corrected chi connectivity index (χ2v) is 4.74. The van der Waals surface area contributed by atoms with Gasteiger partial charge in [-0.1, -0.05) is 6.07 Å². The Bertz CT molecular complexity index is 833.